The summed E-state index contributed by atoms with van der Waals surface area (Å²) in [4.78, 5) is 12.4. The molecular weight excluding hydrogens is 399 g/mol. The van der Waals surface area contributed by atoms with Crippen LogP contribution in [0.4, 0.5) is 10.1 Å². The molecule has 2 aromatic rings. The second kappa shape index (κ2) is 10.0. The first-order chi connectivity index (χ1) is 13.3. The maximum Gasteiger partial charge on any atom is 0.243 e. The zero-order chi connectivity index (χ0) is 20.7. The normalized spacial score (nSPS) is 12.8. The molecule has 2 rings (SSSR count). The molecule has 2 aromatic carbocycles. The average Bonchev–Trinajstić information content (AvgIpc) is 2.67. The van der Waals surface area contributed by atoms with Crippen LogP contribution >= 0.6 is 11.8 Å². The fourth-order valence-electron chi connectivity index (χ4n) is 2.67. The number of carbonyl (C=O) groups is 1. The summed E-state index contributed by atoms with van der Waals surface area (Å²) in [5, 5.41) is 2.77. The Kier molecular flexibility index (Phi) is 8.03. The highest BCUT2D eigenvalue weighted by Crippen LogP contribution is 2.28. The summed E-state index contributed by atoms with van der Waals surface area (Å²) in [6, 6.07) is 12.5. The van der Waals surface area contributed by atoms with Crippen molar-refractivity contribution in [2.75, 3.05) is 24.2 Å². The topological polar surface area (TPSA) is 66.5 Å². The highest BCUT2D eigenvalue weighted by Gasteiger charge is 2.21. The van der Waals surface area contributed by atoms with Crippen LogP contribution in [0.25, 0.3) is 0 Å². The molecule has 0 spiro atoms. The summed E-state index contributed by atoms with van der Waals surface area (Å²) in [5.74, 6) is -0.319. The van der Waals surface area contributed by atoms with E-state index < -0.39 is 10.0 Å². The van der Waals surface area contributed by atoms with Gasteiger partial charge in [0.2, 0.25) is 15.9 Å². The number of nitrogens with zero attached hydrogens (tertiary/aromatic N) is 1. The van der Waals surface area contributed by atoms with Crippen molar-refractivity contribution in [1.29, 1.82) is 0 Å². The Balaban J connectivity index is 2.00. The number of halogens is 1. The van der Waals surface area contributed by atoms with Crippen LogP contribution in [-0.4, -0.2) is 37.5 Å². The molecule has 0 heterocycles. The molecule has 1 N–H and O–H groups in total. The standard InChI is InChI=1S/C20H25FN2O3S2/c1-4-23(5-2)28(25,26)19-8-6-7-18(13-19)22-20(24)14-27-15(3)16-9-11-17(21)12-10-16/h6-13,15H,4-5,14H2,1-3H3,(H,22,24). The van der Waals surface area contributed by atoms with Crippen molar-refractivity contribution < 1.29 is 17.6 Å². The molecular formula is C20H25FN2O3S2. The first-order valence-corrected chi connectivity index (χ1v) is 11.5. The Hall–Kier alpha value is -1.90. The molecule has 0 aliphatic heterocycles. The zero-order valence-electron chi connectivity index (χ0n) is 16.2. The second-order valence-electron chi connectivity index (χ2n) is 6.17. The third kappa shape index (κ3) is 5.80. The monoisotopic (exact) mass is 424 g/mol. The van der Waals surface area contributed by atoms with Gasteiger partial charge >= 0.3 is 0 Å². The second-order valence-corrected chi connectivity index (χ2v) is 9.44. The molecule has 0 saturated heterocycles. The van der Waals surface area contributed by atoms with Crippen LogP contribution < -0.4 is 5.32 Å². The smallest absolute Gasteiger partial charge is 0.243 e. The molecule has 0 radical (unpaired) electrons. The van der Waals surface area contributed by atoms with E-state index in [2.05, 4.69) is 5.32 Å². The fourth-order valence-corrected chi connectivity index (χ4v) is 5.00. The minimum absolute atomic E-state index is 0.0285. The van der Waals surface area contributed by atoms with Crippen LogP contribution in [0.3, 0.4) is 0 Å². The van der Waals surface area contributed by atoms with Gasteiger partial charge in [0, 0.05) is 24.0 Å². The fraction of sp³-hybridized carbons (Fsp3) is 0.350. The molecule has 1 atom stereocenters. The number of nitrogens with one attached hydrogen (secondary N) is 1. The number of thioether (sulfide) groups is 1. The van der Waals surface area contributed by atoms with E-state index in [1.807, 2.05) is 6.92 Å². The van der Waals surface area contributed by atoms with E-state index in [0.29, 0.717) is 18.8 Å². The van der Waals surface area contributed by atoms with E-state index in [1.165, 1.54) is 40.3 Å². The maximum absolute atomic E-state index is 13.0. The highest BCUT2D eigenvalue weighted by molar-refractivity contribution is 8.00. The van der Waals surface area contributed by atoms with Crippen molar-refractivity contribution in [2.45, 2.75) is 30.9 Å². The van der Waals surface area contributed by atoms with Crippen LogP contribution in [0.2, 0.25) is 0 Å². The Morgan fingerprint density at radius 1 is 1.14 bits per heavy atom. The van der Waals surface area contributed by atoms with Gasteiger partial charge in [0.15, 0.2) is 0 Å². The van der Waals surface area contributed by atoms with Gasteiger partial charge in [0.05, 0.1) is 10.6 Å². The first kappa shape index (κ1) is 22.4. The summed E-state index contributed by atoms with van der Waals surface area (Å²) in [7, 11) is -3.58. The van der Waals surface area contributed by atoms with Crippen molar-refractivity contribution in [3.05, 3.63) is 59.9 Å². The van der Waals surface area contributed by atoms with Crippen LogP contribution in [-0.2, 0) is 14.8 Å². The van der Waals surface area contributed by atoms with Gasteiger partial charge in [-0.1, -0.05) is 32.0 Å². The Bertz CT molecular complexity index is 898. The minimum atomic E-state index is -3.58. The van der Waals surface area contributed by atoms with Gasteiger partial charge in [-0.25, -0.2) is 12.8 Å². The predicted molar refractivity (Wildman–Crippen MR) is 112 cm³/mol. The Morgan fingerprint density at radius 2 is 1.79 bits per heavy atom. The molecule has 0 saturated carbocycles. The summed E-state index contributed by atoms with van der Waals surface area (Å²) in [6.45, 7) is 6.28. The lowest BCUT2D eigenvalue weighted by atomic mass is 10.2. The van der Waals surface area contributed by atoms with Gasteiger partial charge in [-0.3, -0.25) is 4.79 Å². The summed E-state index contributed by atoms with van der Waals surface area (Å²) < 4.78 is 39.6. The van der Waals surface area contributed by atoms with E-state index >= 15 is 0 Å². The number of amides is 1. The lowest BCUT2D eigenvalue weighted by molar-refractivity contribution is -0.113. The molecule has 1 unspecified atom stereocenters. The van der Waals surface area contributed by atoms with E-state index in [0.717, 1.165) is 5.56 Å². The quantitative estimate of drug-likeness (QED) is 0.652. The van der Waals surface area contributed by atoms with Gasteiger partial charge in [0.25, 0.3) is 0 Å². The molecule has 152 valence electrons. The van der Waals surface area contributed by atoms with Crippen LogP contribution in [0.5, 0.6) is 0 Å². The predicted octanol–water partition coefficient (Wildman–Crippen LogP) is 4.29. The summed E-state index contributed by atoms with van der Waals surface area (Å²) in [5.41, 5.74) is 1.37. The number of anilines is 1. The maximum atomic E-state index is 13.0. The van der Waals surface area contributed by atoms with Crippen molar-refractivity contribution in [3.8, 4) is 0 Å². The van der Waals surface area contributed by atoms with E-state index in [4.69, 9.17) is 0 Å². The van der Waals surface area contributed by atoms with Gasteiger partial charge in [-0.15, -0.1) is 11.8 Å². The van der Waals surface area contributed by atoms with Crippen molar-refractivity contribution >= 4 is 33.4 Å². The van der Waals surface area contributed by atoms with Gasteiger partial charge in [-0.05, 0) is 42.8 Å². The molecule has 5 nitrogen and oxygen atoms in total. The van der Waals surface area contributed by atoms with Crippen LogP contribution in [0.15, 0.2) is 53.4 Å². The zero-order valence-corrected chi connectivity index (χ0v) is 17.8. The highest BCUT2D eigenvalue weighted by atomic mass is 32.2. The lowest BCUT2D eigenvalue weighted by Gasteiger charge is -2.19. The van der Waals surface area contributed by atoms with Gasteiger partial charge in [-0.2, -0.15) is 4.31 Å². The van der Waals surface area contributed by atoms with Crippen LogP contribution in [0, 0.1) is 5.82 Å². The summed E-state index contributed by atoms with van der Waals surface area (Å²) in [6.07, 6.45) is 0. The first-order valence-electron chi connectivity index (χ1n) is 9.05. The SMILES string of the molecule is CCN(CC)S(=O)(=O)c1cccc(NC(=O)CSC(C)c2ccc(F)cc2)c1. The Morgan fingerprint density at radius 3 is 2.39 bits per heavy atom. The summed E-state index contributed by atoms with van der Waals surface area (Å²) >= 11 is 1.42. The van der Waals surface area contributed by atoms with Crippen LogP contribution in [0.1, 0.15) is 31.6 Å². The number of sulfonamides is 1. The van der Waals surface area contributed by atoms with Crippen molar-refractivity contribution in [1.82, 2.24) is 4.31 Å². The molecule has 0 aromatic heterocycles. The number of hydrogen-bond acceptors (Lipinski definition) is 4. The molecule has 28 heavy (non-hydrogen) atoms. The van der Waals surface area contributed by atoms with E-state index in [1.54, 1.807) is 38.1 Å². The minimum Gasteiger partial charge on any atom is -0.325 e. The molecule has 0 fully saturated rings. The van der Waals surface area contributed by atoms with Gasteiger partial charge < -0.3 is 5.32 Å². The van der Waals surface area contributed by atoms with Crippen molar-refractivity contribution in [2.24, 2.45) is 0 Å². The number of carbonyl (C=O) groups excluding carboxylic acids is 1. The molecule has 0 aliphatic rings. The molecule has 8 heteroatoms. The molecule has 0 aliphatic carbocycles. The lowest BCUT2D eigenvalue weighted by Crippen LogP contribution is -2.30. The number of rotatable bonds is 9. The molecule has 0 bridgehead atoms. The third-order valence-electron chi connectivity index (χ3n) is 4.26. The van der Waals surface area contributed by atoms with E-state index in [-0.39, 0.29) is 27.6 Å². The largest absolute Gasteiger partial charge is 0.325 e. The van der Waals surface area contributed by atoms with E-state index in [9.17, 15) is 17.6 Å². The third-order valence-corrected chi connectivity index (χ3v) is 7.51. The number of hydrogen-bond donors (Lipinski definition) is 1. The average molecular weight is 425 g/mol. The number of benzene rings is 2. The van der Waals surface area contributed by atoms with Crippen molar-refractivity contribution in [3.63, 3.8) is 0 Å². The Labute approximate surface area is 170 Å². The molecule has 1 amide bonds. The van der Waals surface area contributed by atoms with Gasteiger partial charge in [0.1, 0.15) is 5.82 Å².